The Labute approximate surface area is 116 Å². The Bertz CT molecular complexity index is 556. The van der Waals surface area contributed by atoms with Crippen molar-refractivity contribution in [1.29, 1.82) is 0 Å². The number of aryl methyl sites for hydroxylation is 1. The molecule has 0 amide bonds. The third kappa shape index (κ3) is 3.53. The zero-order valence-corrected chi connectivity index (χ0v) is 11.3. The second-order valence-corrected chi connectivity index (χ2v) is 4.85. The molecular formula is C16H16F3N. The van der Waals surface area contributed by atoms with E-state index in [1.54, 1.807) is 0 Å². The average molecular weight is 279 g/mol. The first-order valence-corrected chi connectivity index (χ1v) is 6.36. The van der Waals surface area contributed by atoms with Crippen molar-refractivity contribution in [3.05, 3.63) is 65.2 Å². The maximum absolute atomic E-state index is 12.5. The van der Waals surface area contributed by atoms with Gasteiger partial charge in [0.15, 0.2) is 0 Å². The van der Waals surface area contributed by atoms with Gasteiger partial charge in [0.1, 0.15) is 0 Å². The van der Waals surface area contributed by atoms with E-state index in [0.717, 1.165) is 28.9 Å². The predicted octanol–water partition coefficient (Wildman–Crippen LogP) is 5.19. The van der Waals surface area contributed by atoms with Gasteiger partial charge >= 0.3 is 6.18 Å². The van der Waals surface area contributed by atoms with Crippen LogP contribution < -0.4 is 5.32 Å². The van der Waals surface area contributed by atoms with Crippen LogP contribution in [-0.2, 0) is 6.18 Å². The van der Waals surface area contributed by atoms with Gasteiger partial charge in [0.25, 0.3) is 0 Å². The monoisotopic (exact) mass is 279 g/mol. The van der Waals surface area contributed by atoms with Gasteiger partial charge in [-0.1, -0.05) is 29.8 Å². The molecule has 2 aromatic carbocycles. The van der Waals surface area contributed by atoms with Crippen LogP contribution >= 0.6 is 0 Å². The van der Waals surface area contributed by atoms with Crippen molar-refractivity contribution in [2.45, 2.75) is 26.1 Å². The van der Waals surface area contributed by atoms with Gasteiger partial charge < -0.3 is 5.32 Å². The number of hydrogen-bond acceptors (Lipinski definition) is 1. The summed E-state index contributed by atoms with van der Waals surface area (Å²) < 4.78 is 37.5. The van der Waals surface area contributed by atoms with E-state index in [1.165, 1.54) is 12.1 Å². The molecule has 1 N–H and O–H groups in total. The fourth-order valence-corrected chi connectivity index (χ4v) is 1.94. The fourth-order valence-electron chi connectivity index (χ4n) is 1.94. The third-order valence-electron chi connectivity index (χ3n) is 3.17. The fraction of sp³-hybridized carbons (Fsp3) is 0.250. The summed E-state index contributed by atoms with van der Waals surface area (Å²) in [6, 6.07) is 13.1. The van der Waals surface area contributed by atoms with Gasteiger partial charge in [-0.2, -0.15) is 13.2 Å². The highest BCUT2D eigenvalue weighted by Crippen LogP contribution is 2.30. The van der Waals surface area contributed by atoms with Gasteiger partial charge in [0.05, 0.1) is 5.56 Å². The van der Waals surface area contributed by atoms with Crippen molar-refractivity contribution < 1.29 is 13.2 Å². The van der Waals surface area contributed by atoms with Crippen molar-refractivity contribution in [3.8, 4) is 0 Å². The Morgan fingerprint density at radius 1 is 0.900 bits per heavy atom. The van der Waals surface area contributed by atoms with Crippen LogP contribution in [0.4, 0.5) is 18.9 Å². The topological polar surface area (TPSA) is 12.0 Å². The SMILES string of the molecule is Cc1ccc(NC(C)c2ccc(C(F)(F)F)cc2)cc1. The highest BCUT2D eigenvalue weighted by molar-refractivity contribution is 5.46. The van der Waals surface area contributed by atoms with E-state index in [9.17, 15) is 13.2 Å². The van der Waals surface area contributed by atoms with Gasteiger partial charge in [-0.25, -0.2) is 0 Å². The molecule has 20 heavy (non-hydrogen) atoms. The molecule has 0 fully saturated rings. The van der Waals surface area contributed by atoms with Crippen LogP contribution in [0.15, 0.2) is 48.5 Å². The van der Waals surface area contributed by atoms with Crippen molar-refractivity contribution in [1.82, 2.24) is 0 Å². The number of halogens is 3. The zero-order valence-electron chi connectivity index (χ0n) is 11.3. The van der Waals surface area contributed by atoms with Gasteiger partial charge in [-0.15, -0.1) is 0 Å². The Kier molecular flexibility index (Phi) is 4.02. The smallest absolute Gasteiger partial charge is 0.379 e. The summed E-state index contributed by atoms with van der Waals surface area (Å²) in [5.41, 5.74) is 2.31. The Balaban J connectivity index is 2.09. The standard InChI is InChI=1S/C16H16F3N/c1-11-3-9-15(10-4-11)20-12(2)13-5-7-14(8-6-13)16(17,18)19/h3-10,12,20H,1-2H3. The molecule has 4 heteroatoms. The molecule has 0 saturated heterocycles. The minimum atomic E-state index is -4.29. The van der Waals surface area contributed by atoms with Gasteiger partial charge in [-0.05, 0) is 43.7 Å². The molecule has 0 aliphatic heterocycles. The van der Waals surface area contributed by atoms with Crippen LogP contribution in [0, 0.1) is 6.92 Å². The molecule has 0 aliphatic carbocycles. The third-order valence-corrected chi connectivity index (χ3v) is 3.17. The van der Waals surface area contributed by atoms with Crippen molar-refractivity contribution >= 4 is 5.69 Å². The lowest BCUT2D eigenvalue weighted by Gasteiger charge is -2.16. The Morgan fingerprint density at radius 2 is 1.45 bits per heavy atom. The molecule has 0 heterocycles. The molecule has 0 aromatic heterocycles. The summed E-state index contributed by atoms with van der Waals surface area (Å²) in [6.07, 6.45) is -4.29. The minimum Gasteiger partial charge on any atom is -0.379 e. The molecule has 0 spiro atoms. The van der Waals surface area contributed by atoms with E-state index in [0.29, 0.717) is 0 Å². The normalized spacial score (nSPS) is 13.1. The van der Waals surface area contributed by atoms with E-state index in [4.69, 9.17) is 0 Å². The van der Waals surface area contributed by atoms with E-state index in [1.807, 2.05) is 38.1 Å². The molecule has 1 atom stereocenters. The first kappa shape index (κ1) is 14.4. The average Bonchev–Trinajstić information content (AvgIpc) is 2.40. The van der Waals surface area contributed by atoms with E-state index >= 15 is 0 Å². The molecule has 1 unspecified atom stereocenters. The van der Waals surface area contributed by atoms with Crippen molar-refractivity contribution in [2.24, 2.45) is 0 Å². The molecule has 1 nitrogen and oxygen atoms in total. The lowest BCUT2D eigenvalue weighted by atomic mass is 10.1. The summed E-state index contributed by atoms with van der Waals surface area (Å²) in [7, 11) is 0. The second-order valence-electron chi connectivity index (χ2n) is 4.85. The Morgan fingerprint density at radius 3 is 1.95 bits per heavy atom. The van der Waals surface area contributed by atoms with Crippen LogP contribution in [0.5, 0.6) is 0 Å². The molecular weight excluding hydrogens is 263 g/mol. The number of alkyl halides is 3. The van der Waals surface area contributed by atoms with Gasteiger partial charge in [-0.3, -0.25) is 0 Å². The van der Waals surface area contributed by atoms with E-state index in [2.05, 4.69) is 5.32 Å². The largest absolute Gasteiger partial charge is 0.416 e. The summed E-state index contributed by atoms with van der Waals surface area (Å²) >= 11 is 0. The first-order valence-electron chi connectivity index (χ1n) is 6.36. The number of rotatable bonds is 3. The molecule has 0 aliphatic rings. The van der Waals surface area contributed by atoms with Crippen molar-refractivity contribution in [3.63, 3.8) is 0 Å². The number of nitrogens with one attached hydrogen (secondary N) is 1. The van der Waals surface area contributed by atoms with E-state index in [-0.39, 0.29) is 6.04 Å². The summed E-state index contributed by atoms with van der Waals surface area (Å²) in [6.45, 7) is 3.92. The highest BCUT2D eigenvalue weighted by atomic mass is 19.4. The molecule has 2 rings (SSSR count). The zero-order chi connectivity index (χ0) is 14.8. The lowest BCUT2D eigenvalue weighted by molar-refractivity contribution is -0.137. The van der Waals surface area contributed by atoms with Crippen molar-refractivity contribution in [2.75, 3.05) is 5.32 Å². The van der Waals surface area contributed by atoms with E-state index < -0.39 is 11.7 Å². The van der Waals surface area contributed by atoms with Gasteiger partial charge in [0, 0.05) is 11.7 Å². The minimum absolute atomic E-state index is 0.0556. The van der Waals surface area contributed by atoms with Gasteiger partial charge in [0.2, 0.25) is 0 Å². The number of benzene rings is 2. The quantitative estimate of drug-likeness (QED) is 0.815. The Hall–Kier alpha value is -1.97. The maximum atomic E-state index is 12.5. The molecule has 106 valence electrons. The predicted molar refractivity (Wildman–Crippen MR) is 74.7 cm³/mol. The molecule has 0 radical (unpaired) electrons. The summed E-state index contributed by atoms with van der Waals surface area (Å²) in [5, 5.41) is 3.26. The van der Waals surface area contributed by atoms with Crippen LogP contribution in [0.25, 0.3) is 0 Å². The maximum Gasteiger partial charge on any atom is 0.416 e. The van der Waals surface area contributed by atoms with Crippen LogP contribution in [0.2, 0.25) is 0 Å². The molecule has 0 bridgehead atoms. The summed E-state index contributed by atoms with van der Waals surface area (Å²) in [5.74, 6) is 0. The second kappa shape index (κ2) is 5.57. The molecule has 2 aromatic rings. The summed E-state index contributed by atoms with van der Waals surface area (Å²) in [4.78, 5) is 0. The van der Waals surface area contributed by atoms with Crippen LogP contribution in [0.3, 0.4) is 0 Å². The molecule has 0 saturated carbocycles. The first-order chi connectivity index (χ1) is 9.36. The highest BCUT2D eigenvalue weighted by Gasteiger charge is 2.30. The number of hydrogen-bond donors (Lipinski definition) is 1. The lowest BCUT2D eigenvalue weighted by Crippen LogP contribution is -2.08. The number of anilines is 1. The van der Waals surface area contributed by atoms with Crippen LogP contribution in [-0.4, -0.2) is 0 Å². The van der Waals surface area contributed by atoms with Crippen LogP contribution in [0.1, 0.15) is 29.7 Å².